The topological polar surface area (TPSA) is 53.7 Å². The monoisotopic (exact) mass is 237 g/mol. The van der Waals surface area contributed by atoms with Crippen LogP contribution in [0.15, 0.2) is 18.2 Å². The minimum Gasteiger partial charge on any atom is -0.496 e. The molecule has 0 radical (unpaired) electrons. The third kappa shape index (κ3) is 2.70. The van der Waals surface area contributed by atoms with Crippen LogP contribution in [0.3, 0.4) is 0 Å². The molecule has 0 amide bonds. The van der Waals surface area contributed by atoms with Gasteiger partial charge in [-0.3, -0.25) is 0 Å². The van der Waals surface area contributed by atoms with Crippen molar-refractivity contribution in [2.24, 2.45) is 5.73 Å². The van der Waals surface area contributed by atoms with Crippen LogP contribution in [0, 0.1) is 0 Å². The molecule has 0 saturated carbocycles. The summed E-state index contributed by atoms with van der Waals surface area (Å²) < 4.78 is 16.5. The maximum atomic E-state index is 5.97. The van der Waals surface area contributed by atoms with Crippen LogP contribution < -0.4 is 15.2 Å². The molecule has 2 unspecified atom stereocenters. The molecule has 2 rings (SSSR count). The van der Waals surface area contributed by atoms with Crippen molar-refractivity contribution in [3.05, 3.63) is 23.8 Å². The number of nitrogens with two attached hydrogens (primary N) is 1. The Hall–Kier alpha value is -1.26. The van der Waals surface area contributed by atoms with E-state index in [4.69, 9.17) is 19.9 Å². The van der Waals surface area contributed by atoms with Gasteiger partial charge in [0.2, 0.25) is 0 Å². The lowest BCUT2D eigenvalue weighted by Gasteiger charge is -2.19. The molecular weight excluding hydrogens is 218 g/mol. The summed E-state index contributed by atoms with van der Waals surface area (Å²) in [6.45, 7) is 3.34. The van der Waals surface area contributed by atoms with E-state index in [0.29, 0.717) is 6.61 Å². The fourth-order valence-electron chi connectivity index (χ4n) is 2.04. The van der Waals surface area contributed by atoms with E-state index in [-0.39, 0.29) is 12.1 Å². The largest absolute Gasteiger partial charge is 0.496 e. The minimum absolute atomic E-state index is 0.122. The summed E-state index contributed by atoms with van der Waals surface area (Å²) in [5, 5.41) is 0. The van der Waals surface area contributed by atoms with Crippen molar-refractivity contribution in [2.75, 3.05) is 20.3 Å². The number of ether oxygens (including phenoxy) is 3. The van der Waals surface area contributed by atoms with Crippen molar-refractivity contribution in [1.29, 1.82) is 0 Å². The predicted molar refractivity (Wildman–Crippen MR) is 65.4 cm³/mol. The first kappa shape index (κ1) is 12.2. The summed E-state index contributed by atoms with van der Waals surface area (Å²) in [6, 6.07) is 5.62. The molecule has 1 fully saturated rings. The van der Waals surface area contributed by atoms with Gasteiger partial charge in [0.05, 0.1) is 25.9 Å². The van der Waals surface area contributed by atoms with Crippen LogP contribution in [0.2, 0.25) is 0 Å². The lowest BCUT2D eigenvalue weighted by atomic mass is 10.1. The van der Waals surface area contributed by atoms with E-state index in [1.165, 1.54) is 0 Å². The zero-order valence-corrected chi connectivity index (χ0v) is 10.3. The van der Waals surface area contributed by atoms with Crippen LogP contribution >= 0.6 is 0 Å². The van der Waals surface area contributed by atoms with Crippen molar-refractivity contribution in [3.63, 3.8) is 0 Å². The fourth-order valence-corrected chi connectivity index (χ4v) is 2.04. The van der Waals surface area contributed by atoms with Crippen molar-refractivity contribution in [1.82, 2.24) is 0 Å². The molecule has 1 aliphatic heterocycles. The van der Waals surface area contributed by atoms with Gasteiger partial charge in [-0.25, -0.2) is 0 Å². The van der Waals surface area contributed by atoms with Crippen LogP contribution in [-0.4, -0.2) is 26.4 Å². The van der Waals surface area contributed by atoms with E-state index in [9.17, 15) is 0 Å². The Labute approximate surface area is 102 Å². The molecule has 4 heteroatoms. The average Bonchev–Trinajstić information content (AvgIpc) is 2.81. The molecule has 1 aliphatic rings. The lowest BCUT2D eigenvalue weighted by molar-refractivity contribution is 0.140. The van der Waals surface area contributed by atoms with Gasteiger partial charge in [0.15, 0.2) is 0 Å². The first-order valence-corrected chi connectivity index (χ1v) is 5.89. The Morgan fingerprint density at radius 2 is 2.18 bits per heavy atom. The Morgan fingerprint density at radius 1 is 1.41 bits per heavy atom. The van der Waals surface area contributed by atoms with Crippen LogP contribution in [0.5, 0.6) is 11.5 Å². The highest BCUT2D eigenvalue weighted by Gasteiger charge is 2.21. The third-order valence-corrected chi connectivity index (χ3v) is 2.88. The van der Waals surface area contributed by atoms with Crippen LogP contribution in [0.4, 0.5) is 0 Å². The molecular formula is C13H19NO3. The molecule has 4 nitrogen and oxygen atoms in total. The summed E-state index contributed by atoms with van der Waals surface area (Å²) in [4.78, 5) is 0. The smallest absolute Gasteiger partial charge is 0.128 e. The second kappa shape index (κ2) is 5.38. The molecule has 1 aromatic rings. The van der Waals surface area contributed by atoms with E-state index in [0.717, 1.165) is 30.1 Å². The maximum Gasteiger partial charge on any atom is 0.128 e. The number of methoxy groups -OCH3 is 1. The quantitative estimate of drug-likeness (QED) is 0.868. The standard InChI is InChI=1S/C13H19NO3/c1-9(14)13-11(15-2)4-3-5-12(13)17-10-6-7-16-8-10/h3-5,9-10H,6-8,14H2,1-2H3. The normalized spacial score (nSPS) is 21.2. The number of hydrogen-bond acceptors (Lipinski definition) is 4. The van der Waals surface area contributed by atoms with Gasteiger partial charge in [-0.15, -0.1) is 0 Å². The van der Waals surface area contributed by atoms with Gasteiger partial charge in [0, 0.05) is 12.5 Å². The highest BCUT2D eigenvalue weighted by molar-refractivity contribution is 5.46. The second-order valence-electron chi connectivity index (χ2n) is 4.26. The molecule has 2 atom stereocenters. The second-order valence-corrected chi connectivity index (χ2v) is 4.26. The van der Waals surface area contributed by atoms with Crippen LogP contribution in [0.1, 0.15) is 24.9 Å². The van der Waals surface area contributed by atoms with Gasteiger partial charge in [-0.2, -0.15) is 0 Å². The molecule has 17 heavy (non-hydrogen) atoms. The van der Waals surface area contributed by atoms with Crippen LogP contribution in [-0.2, 0) is 4.74 Å². The average molecular weight is 237 g/mol. The molecule has 0 bridgehead atoms. The molecule has 0 aromatic heterocycles. The molecule has 1 heterocycles. The highest BCUT2D eigenvalue weighted by atomic mass is 16.5. The van der Waals surface area contributed by atoms with Gasteiger partial charge in [0.25, 0.3) is 0 Å². The Kier molecular flexibility index (Phi) is 3.86. The van der Waals surface area contributed by atoms with Gasteiger partial charge < -0.3 is 19.9 Å². The van der Waals surface area contributed by atoms with Gasteiger partial charge in [-0.1, -0.05) is 6.07 Å². The van der Waals surface area contributed by atoms with Crippen LogP contribution in [0.25, 0.3) is 0 Å². The number of hydrogen-bond donors (Lipinski definition) is 1. The van der Waals surface area contributed by atoms with E-state index in [2.05, 4.69) is 0 Å². The predicted octanol–water partition coefficient (Wildman–Crippen LogP) is 1.88. The zero-order chi connectivity index (χ0) is 12.3. The first-order chi connectivity index (χ1) is 8.22. The summed E-state index contributed by atoms with van der Waals surface area (Å²) in [7, 11) is 1.64. The van der Waals surface area contributed by atoms with Gasteiger partial charge in [0.1, 0.15) is 17.6 Å². The van der Waals surface area contributed by atoms with Gasteiger partial charge >= 0.3 is 0 Å². The number of benzene rings is 1. The van der Waals surface area contributed by atoms with Crippen molar-refractivity contribution >= 4 is 0 Å². The van der Waals surface area contributed by atoms with Crippen molar-refractivity contribution in [2.45, 2.75) is 25.5 Å². The Bertz CT molecular complexity index is 373. The summed E-state index contributed by atoms with van der Waals surface area (Å²) >= 11 is 0. The van der Waals surface area contributed by atoms with Gasteiger partial charge in [-0.05, 0) is 19.1 Å². The first-order valence-electron chi connectivity index (χ1n) is 5.89. The van der Waals surface area contributed by atoms with E-state index in [1.807, 2.05) is 25.1 Å². The molecule has 0 spiro atoms. The summed E-state index contributed by atoms with van der Waals surface area (Å²) in [5.41, 5.74) is 6.89. The van der Waals surface area contributed by atoms with Crippen molar-refractivity contribution < 1.29 is 14.2 Å². The summed E-state index contributed by atoms with van der Waals surface area (Å²) in [5.74, 6) is 1.58. The maximum absolute atomic E-state index is 5.97. The molecule has 1 saturated heterocycles. The molecule has 0 aliphatic carbocycles. The van der Waals surface area contributed by atoms with E-state index < -0.39 is 0 Å². The third-order valence-electron chi connectivity index (χ3n) is 2.88. The highest BCUT2D eigenvalue weighted by Crippen LogP contribution is 2.34. The Balaban J connectivity index is 2.25. The Morgan fingerprint density at radius 3 is 2.76 bits per heavy atom. The minimum atomic E-state index is -0.122. The molecule has 1 aromatic carbocycles. The van der Waals surface area contributed by atoms with Crippen molar-refractivity contribution in [3.8, 4) is 11.5 Å². The summed E-state index contributed by atoms with van der Waals surface area (Å²) in [6.07, 6.45) is 1.05. The zero-order valence-electron chi connectivity index (χ0n) is 10.3. The van der Waals surface area contributed by atoms with E-state index in [1.54, 1.807) is 7.11 Å². The molecule has 2 N–H and O–H groups in total. The number of rotatable bonds is 4. The fraction of sp³-hybridized carbons (Fsp3) is 0.538. The SMILES string of the molecule is COc1cccc(OC2CCOC2)c1C(C)N. The lowest BCUT2D eigenvalue weighted by Crippen LogP contribution is -2.18. The molecule has 94 valence electrons. The van der Waals surface area contributed by atoms with E-state index >= 15 is 0 Å².